The van der Waals surface area contributed by atoms with Crippen molar-refractivity contribution in [2.75, 3.05) is 5.32 Å². The number of nitrogens with one attached hydrogen (secondary N) is 1. The molecule has 88 valence electrons. The lowest BCUT2D eigenvalue weighted by molar-refractivity contribution is 1.06. The Morgan fingerprint density at radius 1 is 0.833 bits per heavy atom. The topological polar surface area (TPSA) is 24.9 Å². The minimum Gasteiger partial charge on any atom is -0.379 e. The van der Waals surface area contributed by atoms with E-state index in [-0.39, 0.29) is 0 Å². The van der Waals surface area contributed by atoms with Crippen molar-refractivity contribution >= 4 is 16.5 Å². The van der Waals surface area contributed by atoms with Crippen LogP contribution in [0.2, 0.25) is 0 Å². The summed E-state index contributed by atoms with van der Waals surface area (Å²) in [5, 5.41) is 5.78. The van der Waals surface area contributed by atoms with Crippen molar-refractivity contribution in [2.24, 2.45) is 0 Å². The Bertz CT molecular complexity index is 647. The lowest BCUT2D eigenvalue weighted by Crippen LogP contribution is -2.01. The van der Waals surface area contributed by atoms with E-state index in [0.717, 1.165) is 17.9 Å². The first-order valence-corrected chi connectivity index (χ1v) is 6.04. The number of para-hydroxylation sites is 1. The van der Waals surface area contributed by atoms with E-state index in [1.165, 1.54) is 10.8 Å². The fraction of sp³-hybridized carbons (Fsp3) is 0.0625. The number of hydrogen-bond donors (Lipinski definition) is 1. The maximum atomic E-state index is 4.46. The van der Waals surface area contributed by atoms with E-state index in [9.17, 15) is 0 Å². The van der Waals surface area contributed by atoms with Gasteiger partial charge in [0.1, 0.15) is 0 Å². The maximum absolute atomic E-state index is 4.46. The zero-order valence-electron chi connectivity index (χ0n) is 10.0. The average Bonchev–Trinajstić information content (AvgIpc) is 2.46. The standard InChI is InChI=1S/C16H14N2/c1-2-8-15(9-3-1)18-12-16-10-13-6-4-5-7-14(13)11-17-16/h1-11,18H,12H2. The van der Waals surface area contributed by atoms with Gasteiger partial charge in [0, 0.05) is 17.3 Å². The van der Waals surface area contributed by atoms with Crippen molar-refractivity contribution in [2.45, 2.75) is 6.54 Å². The molecule has 1 heterocycles. The molecule has 2 heteroatoms. The van der Waals surface area contributed by atoms with E-state index in [1.54, 1.807) is 0 Å². The molecule has 0 aliphatic rings. The summed E-state index contributed by atoms with van der Waals surface area (Å²) in [6.07, 6.45) is 1.93. The van der Waals surface area contributed by atoms with Gasteiger partial charge >= 0.3 is 0 Å². The summed E-state index contributed by atoms with van der Waals surface area (Å²) in [7, 11) is 0. The second-order valence-corrected chi connectivity index (χ2v) is 4.24. The lowest BCUT2D eigenvalue weighted by Gasteiger charge is -2.06. The smallest absolute Gasteiger partial charge is 0.0601 e. The molecule has 0 saturated heterocycles. The molecule has 0 atom stereocenters. The number of fused-ring (bicyclic) bond motifs is 1. The molecule has 2 aromatic carbocycles. The molecule has 3 rings (SSSR count). The van der Waals surface area contributed by atoms with E-state index in [0.29, 0.717) is 0 Å². The van der Waals surface area contributed by atoms with Crippen LogP contribution in [0.5, 0.6) is 0 Å². The highest BCUT2D eigenvalue weighted by atomic mass is 14.9. The molecule has 0 amide bonds. The van der Waals surface area contributed by atoms with Crippen LogP contribution in [0.4, 0.5) is 5.69 Å². The molecule has 3 aromatic rings. The predicted molar refractivity (Wildman–Crippen MR) is 75.5 cm³/mol. The van der Waals surface area contributed by atoms with Gasteiger partial charge in [0.05, 0.1) is 12.2 Å². The van der Waals surface area contributed by atoms with Crippen LogP contribution in [-0.2, 0) is 6.54 Å². The Hall–Kier alpha value is -2.35. The monoisotopic (exact) mass is 234 g/mol. The van der Waals surface area contributed by atoms with E-state index < -0.39 is 0 Å². The Labute approximate surface area is 106 Å². The van der Waals surface area contributed by atoms with Crippen LogP contribution in [0.3, 0.4) is 0 Å². The number of rotatable bonds is 3. The molecule has 0 bridgehead atoms. The second kappa shape index (κ2) is 4.88. The summed E-state index contributed by atoms with van der Waals surface area (Å²) in [6, 6.07) is 20.6. The molecule has 0 aliphatic carbocycles. The summed E-state index contributed by atoms with van der Waals surface area (Å²) in [5.74, 6) is 0. The van der Waals surface area contributed by atoms with Gasteiger partial charge in [-0.05, 0) is 23.6 Å². The van der Waals surface area contributed by atoms with Crippen molar-refractivity contribution in [3.63, 3.8) is 0 Å². The summed E-state index contributed by atoms with van der Waals surface area (Å²) in [5.41, 5.74) is 2.17. The molecule has 0 radical (unpaired) electrons. The molecular formula is C16H14N2. The third kappa shape index (κ3) is 2.33. The van der Waals surface area contributed by atoms with Crippen molar-refractivity contribution in [3.05, 3.63) is 72.6 Å². The molecule has 0 spiro atoms. The van der Waals surface area contributed by atoms with Gasteiger partial charge in [0.25, 0.3) is 0 Å². The minimum atomic E-state index is 0.745. The zero-order valence-corrected chi connectivity index (χ0v) is 10.0. The molecule has 2 nitrogen and oxygen atoms in total. The van der Waals surface area contributed by atoms with Crippen LogP contribution in [-0.4, -0.2) is 4.98 Å². The van der Waals surface area contributed by atoms with Crippen LogP contribution in [0.15, 0.2) is 66.9 Å². The lowest BCUT2D eigenvalue weighted by atomic mass is 10.1. The number of anilines is 1. The van der Waals surface area contributed by atoms with Crippen LogP contribution >= 0.6 is 0 Å². The van der Waals surface area contributed by atoms with Crippen LogP contribution in [0, 0.1) is 0 Å². The Morgan fingerprint density at radius 2 is 1.56 bits per heavy atom. The van der Waals surface area contributed by atoms with Gasteiger partial charge in [-0.3, -0.25) is 4.98 Å². The van der Waals surface area contributed by atoms with Gasteiger partial charge in [0.15, 0.2) is 0 Å². The Morgan fingerprint density at radius 3 is 2.39 bits per heavy atom. The minimum absolute atomic E-state index is 0.745. The quantitative estimate of drug-likeness (QED) is 0.744. The molecule has 0 aliphatic heterocycles. The first-order valence-electron chi connectivity index (χ1n) is 6.04. The zero-order chi connectivity index (χ0) is 12.2. The maximum Gasteiger partial charge on any atom is 0.0601 e. The predicted octanol–water partition coefficient (Wildman–Crippen LogP) is 3.85. The van der Waals surface area contributed by atoms with Crippen molar-refractivity contribution < 1.29 is 0 Å². The number of pyridine rings is 1. The Balaban J connectivity index is 1.79. The third-order valence-corrected chi connectivity index (χ3v) is 2.94. The van der Waals surface area contributed by atoms with Gasteiger partial charge < -0.3 is 5.32 Å². The summed E-state index contributed by atoms with van der Waals surface area (Å²) in [6.45, 7) is 0.745. The van der Waals surface area contributed by atoms with Crippen molar-refractivity contribution in [1.29, 1.82) is 0 Å². The highest BCUT2D eigenvalue weighted by Gasteiger charge is 1.97. The molecule has 0 unspecified atom stereocenters. The molecule has 0 fully saturated rings. The molecule has 18 heavy (non-hydrogen) atoms. The van der Waals surface area contributed by atoms with Crippen molar-refractivity contribution in [3.8, 4) is 0 Å². The summed E-state index contributed by atoms with van der Waals surface area (Å²) in [4.78, 5) is 4.46. The summed E-state index contributed by atoms with van der Waals surface area (Å²) < 4.78 is 0. The number of benzene rings is 2. The third-order valence-electron chi connectivity index (χ3n) is 2.94. The fourth-order valence-electron chi connectivity index (χ4n) is 1.97. The fourth-order valence-corrected chi connectivity index (χ4v) is 1.97. The molecule has 1 N–H and O–H groups in total. The second-order valence-electron chi connectivity index (χ2n) is 4.24. The molecule has 0 saturated carbocycles. The molecule has 1 aromatic heterocycles. The van der Waals surface area contributed by atoms with Gasteiger partial charge in [-0.2, -0.15) is 0 Å². The Kier molecular flexibility index (Phi) is 2.92. The number of aromatic nitrogens is 1. The first kappa shape index (κ1) is 10.8. The number of hydrogen-bond acceptors (Lipinski definition) is 2. The van der Waals surface area contributed by atoms with E-state index in [2.05, 4.69) is 46.7 Å². The van der Waals surface area contributed by atoms with E-state index in [1.807, 2.05) is 30.5 Å². The highest BCUT2D eigenvalue weighted by Crippen LogP contribution is 2.14. The normalized spacial score (nSPS) is 10.4. The van der Waals surface area contributed by atoms with Crippen molar-refractivity contribution in [1.82, 2.24) is 4.98 Å². The van der Waals surface area contributed by atoms with Gasteiger partial charge in [-0.25, -0.2) is 0 Å². The average molecular weight is 234 g/mol. The number of nitrogens with zero attached hydrogens (tertiary/aromatic N) is 1. The SMILES string of the molecule is c1ccc(NCc2cc3ccccc3cn2)cc1. The largest absolute Gasteiger partial charge is 0.379 e. The van der Waals surface area contributed by atoms with Gasteiger partial charge in [-0.1, -0.05) is 42.5 Å². The summed E-state index contributed by atoms with van der Waals surface area (Å²) >= 11 is 0. The van der Waals surface area contributed by atoms with E-state index in [4.69, 9.17) is 0 Å². The van der Waals surface area contributed by atoms with E-state index >= 15 is 0 Å². The van der Waals surface area contributed by atoms with Crippen LogP contribution < -0.4 is 5.32 Å². The van der Waals surface area contributed by atoms with Crippen LogP contribution in [0.1, 0.15) is 5.69 Å². The molecular weight excluding hydrogens is 220 g/mol. The first-order chi connectivity index (χ1) is 8.92. The van der Waals surface area contributed by atoms with Gasteiger partial charge in [0.2, 0.25) is 0 Å². The van der Waals surface area contributed by atoms with Gasteiger partial charge in [-0.15, -0.1) is 0 Å². The van der Waals surface area contributed by atoms with Crippen LogP contribution in [0.25, 0.3) is 10.8 Å². The highest BCUT2D eigenvalue weighted by molar-refractivity contribution is 5.81.